The largest absolute Gasteiger partial charge is 0.506 e. The second-order valence-corrected chi connectivity index (χ2v) is 4.84. The first-order chi connectivity index (χ1) is 7.13. The molecule has 0 radical (unpaired) electrons. The number of hydrogen-bond acceptors (Lipinski definition) is 3. The van der Waals surface area contributed by atoms with Gasteiger partial charge in [-0.15, -0.1) is 0 Å². The van der Waals surface area contributed by atoms with E-state index in [0.717, 1.165) is 24.2 Å². The molecule has 1 aromatic carbocycles. The number of phenols is 1. The first-order valence-electron chi connectivity index (χ1n) is 4.90. The maximum Gasteiger partial charge on any atom is 0.133 e. The van der Waals surface area contributed by atoms with E-state index in [1.165, 1.54) is 0 Å². The van der Waals surface area contributed by atoms with Crippen molar-refractivity contribution in [3.8, 4) is 11.5 Å². The molecule has 4 heteroatoms. The highest BCUT2D eigenvalue weighted by atomic mass is 79.9. The van der Waals surface area contributed by atoms with Crippen molar-refractivity contribution in [3.63, 3.8) is 0 Å². The van der Waals surface area contributed by atoms with Crippen LogP contribution in [0.3, 0.4) is 0 Å². The molecule has 15 heavy (non-hydrogen) atoms. The number of ether oxygens (including phenoxy) is 1. The minimum atomic E-state index is -0.0266. The number of nitrogens with two attached hydrogens (primary N) is 1. The van der Waals surface area contributed by atoms with Crippen molar-refractivity contribution in [2.24, 2.45) is 5.73 Å². The Kier molecular flexibility index (Phi) is 2.64. The maximum absolute atomic E-state index is 9.97. The Labute approximate surface area is 97.4 Å². The highest BCUT2D eigenvalue weighted by Crippen LogP contribution is 2.52. The number of methoxy groups -OCH3 is 1. The summed E-state index contributed by atoms with van der Waals surface area (Å²) in [5.41, 5.74) is 6.62. The van der Waals surface area contributed by atoms with Gasteiger partial charge in [0.15, 0.2) is 0 Å². The van der Waals surface area contributed by atoms with Gasteiger partial charge in [-0.3, -0.25) is 0 Å². The van der Waals surface area contributed by atoms with Crippen molar-refractivity contribution in [2.75, 3.05) is 13.7 Å². The molecule has 1 aliphatic carbocycles. The molecule has 1 fully saturated rings. The van der Waals surface area contributed by atoms with Crippen molar-refractivity contribution in [1.29, 1.82) is 0 Å². The van der Waals surface area contributed by atoms with Crippen LogP contribution in [0.25, 0.3) is 0 Å². The van der Waals surface area contributed by atoms with Crippen molar-refractivity contribution in [3.05, 3.63) is 22.2 Å². The molecule has 3 N–H and O–H groups in total. The van der Waals surface area contributed by atoms with Crippen LogP contribution in [-0.2, 0) is 5.41 Å². The Hall–Kier alpha value is -0.740. The highest BCUT2D eigenvalue weighted by Gasteiger charge is 2.45. The lowest BCUT2D eigenvalue weighted by Crippen LogP contribution is -2.19. The molecule has 0 unspecified atom stereocenters. The lowest BCUT2D eigenvalue weighted by atomic mass is 9.95. The van der Waals surface area contributed by atoms with Gasteiger partial charge in [-0.05, 0) is 40.9 Å². The van der Waals surface area contributed by atoms with Gasteiger partial charge in [0.25, 0.3) is 0 Å². The molecule has 0 bridgehead atoms. The van der Waals surface area contributed by atoms with Crippen molar-refractivity contribution >= 4 is 15.9 Å². The first-order valence-corrected chi connectivity index (χ1v) is 5.69. The second kappa shape index (κ2) is 3.68. The molecule has 3 nitrogen and oxygen atoms in total. The third-order valence-electron chi connectivity index (χ3n) is 3.09. The number of aromatic hydroxyl groups is 1. The topological polar surface area (TPSA) is 55.5 Å². The lowest BCUT2D eigenvalue weighted by molar-refractivity contribution is 0.407. The predicted octanol–water partition coefficient (Wildman–Crippen LogP) is 2.15. The number of hydrogen-bond donors (Lipinski definition) is 2. The summed E-state index contributed by atoms with van der Waals surface area (Å²) in [6.07, 6.45) is 2.08. The van der Waals surface area contributed by atoms with E-state index in [9.17, 15) is 5.11 Å². The normalized spacial score (nSPS) is 17.5. The summed E-state index contributed by atoms with van der Waals surface area (Å²) in [4.78, 5) is 0. The van der Waals surface area contributed by atoms with Gasteiger partial charge < -0.3 is 15.6 Å². The van der Waals surface area contributed by atoms with E-state index in [1.807, 2.05) is 6.07 Å². The first kappa shape index (κ1) is 10.8. The third kappa shape index (κ3) is 1.72. The van der Waals surface area contributed by atoms with Gasteiger partial charge in [0.05, 0.1) is 11.6 Å². The fraction of sp³-hybridized carbons (Fsp3) is 0.455. The Morgan fingerprint density at radius 2 is 2.20 bits per heavy atom. The molecule has 0 heterocycles. The van der Waals surface area contributed by atoms with Gasteiger partial charge in [0.1, 0.15) is 11.5 Å². The van der Waals surface area contributed by atoms with Crippen molar-refractivity contribution < 1.29 is 9.84 Å². The summed E-state index contributed by atoms with van der Waals surface area (Å²) in [7, 11) is 1.62. The fourth-order valence-corrected chi connectivity index (χ4v) is 2.27. The number of rotatable bonds is 3. The molecule has 0 aromatic heterocycles. The molecular weight excluding hydrogens is 258 g/mol. The molecule has 1 saturated carbocycles. The van der Waals surface area contributed by atoms with Gasteiger partial charge in [0.2, 0.25) is 0 Å². The Balaban J connectivity index is 2.50. The van der Waals surface area contributed by atoms with Gasteiger partial charge in [-0.25, -0.2) is 0 Å². The number of halogens is 1. The fourth-order valence-electron chi connectivity index (χ4n) is 1.83. The van der Waals surface area contributed by atoms with E-state index in [2.05, 4.69) is 15.9 Å². The molecule has 0 aliphatic heterocycles. The van der Waals surface area contributed by atoms with Gasteiger partial charge in [-0.2, -0.15) is 0 Å². The zero-order valence-corrected chi connectivity index (χ0v) is 10.2. The van der Waals surface area contributed by atoms with Crippen LogP contribution in [-0.4, -0.2) is 18.8 Å². The van der Waals surface area contributed by atoms with Crippen LogP contribution in [0.1, 0.15) is 18.4 Å². The van der Waals surface area contributed by atoms with Gasteiger partial charge in [-0.1, -0.05) is 0 Å². The summed E-state index contributed by atoms with van der Waals surface area (Å²) in [5, 5.41) is 9.97. The van der Waals surface area contributed by atoms with Crippen LogP contribution >= 0.6 is 15.9 Å². The Morgan fingerprint density at radius 1 is 1.53 bits per heavy atom. The number of phenolic OH excluding ortho intramolecular Hbond substituents is 1. The number of benzene rings is 1. The van der Waals surface area contributed by atoms with Gasteiger partial charge >= 0.3 is 0 Å². The smallest absolute Gasteiger partial charge is 0.133 e. The third-order valence-corrected chi connectivity index (χ3v) is 3.69. The van der Waals surface area contributed by atoms with E-state index in [1.54, 1.807) is 13.2 Å². The molecule has 1 aliphatic rings. The highest BCUT2D eigenvalue weighted by molar-refractivity contribution is 9.10. The quantitative estimate of drug-likeness (QED) is 0.886. The summed E-state index contributed by atoms with van der Waals surface area (Å²) in [6.45, 7) is 0.570. The van der Waals surface area contributed by atoms with Crippen molar-refractivity contribution in [2.45, 2.75) is 18.3 Å². The maximum atomic E-state index is 9.97. The average molecular weight is 272 g/mol. The second-order valence-electron chi connectivity index (χ2n) is 3.99. The summed E-state index contributed by atoms with van der Waals surface area (Å²) >= 11 is 3.32. The van der Waals surface area contributed by atoms with Crippen LogP contribution in [0.15, 0.2) is 16.6 Å². The lowest BCUT2D eigenvalue weighted by Gasteiger charge is -2.16. The zero-order chi connectivity index (χ0) is 11.1. The van der Waals surface area contributed by atoms with E-state index in [-0.39, 0.29) is 5.41 Å². The van der Waals surface area contributed by atoms with E-state index in [4.69, 9.17) is 10.5 Å². The average Bonchev–Trinajstić information content (AvgIpc) is 3.02. The van der Waals surface area contributed by atoms with Crippen molar-refractivity contribution in [1.82, 2.24) is 0 Å². The van der Waals surface area contributed by atoms with Crippen LogP contribution in [0, 0.1) is 0 Å². The minimum absolute atomic E-state index is 0.0266. The standard InChI is InChI=1S/C11H14BrNO2/c1-15-7-4-8(10(14)9(12)5-7)11(6-13)2-3-11/h4-5,14H,2-3,6,13H2,1H3. The molecule has 1 aromatic rings. The Morgan fingerprint density at radius 3 is 2.67 bits per heavy atom. The summed E-state index contributed by atoms with van der Waals surface area (Å²) in [6, 6.07) is 3.63. The molecular formula is C11H14BrNO2. The monoisotopic (exact) mass is 271 g/mol. The zero-order valence-electron chi connectivity index (χ0n) is 8.59. The van der Waals surface area contributed by atoms with E-state index >= 15 is 0 Å². The van der Waals surface area contributed by atoms with Crippen LogP contribution in [0.4, 0.5) is 0 Å². The SMILES string of the molecule is COc1cc(Br)c(O)c(C2(CN)CC2)c1. The molecule has 82 valence electrons. The molecule has 0 atom stereocenters. The summed E-state index contributed by atoms with van der Waals surface area (Å²) in [5.74, 6) is 1.04. The van der Waals surface area contributed by atoms with Crippen LogP contribution in [0.2, 0.25) is 0 Å². The van der Waals surface area contributed by atoms with Crippen LogP contribution < -0.4 is 10.5 Å². The molecule has 0 spiro atoms. The van der Waals surface area contributed by atoms with Crippen LogP contribution in [0.5, 0.6) is 11.5 Å². The van der Waals surface area contributed by atoms with Gasteiger partial charge in [0, 0.05) is 17.5 Å². The minimum Gasteiger partial charge on any atom is -0.506 e. The predicted molar refractivity (Wildman–Crippen MR) is 62.3 cm³/mol. The molecule has 2 rings (SSSR count). The van der Waals surface area contributed by atoms with E-state index < -0.39 is 0 Å². The van der Waals surface area contributed by atoms with E-state index in [0.29, 0.717) is 16.8 Å². The summed E-state index contributed by atoms with van der Waals surface area (Å²) < 4.78 is 5.84. The molecule has 0 amide bonds. The Bertz CT molecular complexity index is 388. The molecule has 0 saturated heterocycles.